The zero-order valence-electron chi connectivity index (χ0n) is 13.0. The van der Waals surface area contributed by atoms with Crippen molar-refractivity contribution in [1.29, 1.82) is 0 Å². The van der Waals surface area contributed by atoms with Gasteiger partial charge in [0.15, 0.2) is 0 Å². The molecule has 0 saturated carbocycles. The Morgan fingerprint density at radius 2 is 1.96 bits per heavy atom. The highest BCUT2D eigenvalue weighted by molar-refractivity contribution is 5.89. The number of rotatable bonds is 8. The molecule has 1 aromatic carbocycles. The lowest BCUT2D eigenvalue weighted by Gasteiger charge is -2.17. The predicted octanol–water partition coefficient (Wildman–Crippen LogP) is -0.127. The minimum Gasteiger partial charge on any atom is -0.480 e. The molecule has 2 amide bonds. The monoisotopic (exact) mass is 332 g/mol. The Labute approximate surface area is 138 Å². The van der Waals surface area contributed by atoms with Crippen LogP contribution in [0.3, 0.4) is 0 Å². The van der Waals surface area contributed by atoms with E-state index < -0.39 is 29.9 Å². The number of para-hydroxylation sites is 1. The van der Waals surface area contributed by atoms with Crippen LogP contribution in [0, 0.1) is 0 Å². The molecule has 24 heavy (non-hydrogen) atoms. The number of aliphatic carboxylic acids is 1. The first-order valence-corrected chi connectivity index (χ1v) is 7.50. The number of amides is 2. The van der Waals surface area contributed by atoms with E-state index in [1.54, 1.807) is 6.20 Å². The third kappa shape index (κ3) is 4.32. The zero-order chi connectivity index (χ0) is 17.7. The molecule has 0 bridgehead atoms. The van der Waals surface area contributed by atoms with Gasteiger partial charge in [0.05, 0.1) is 6.04 Å². The van der Waals surface area contributed by atoms with Crippen LogP contribution in [0.15, 0.2) is 30.5 Å². The smallest absolute Gasteiger partial charge is 0.326 e. The fourth-order valence-electron chi connectivity index (χ4n) is 2.45. The van der Waals surface area contributed by atoms with Crippen molar-refractivity contribution in [2.24, 2.45) is 11.5 Å². The molecule has 0 aliphatic heterocycles. The van der Waals surface area contributed by atoms with Gasteiger partial charge in [-0.05, 0) is 24.5 Å². The summed E-state index contributed by atoms with van der Waals surface area (Å²) in [7, 11) is 0. The van der Waals surface area contributed by atoms with Crippen LogP contribution < -0.4 is 16.8 Å². The van der Waals surface area contributed by atoms with Crippen molar-refractivity contribution in [2.45, 2.75) is 31.3 Å². The van der Waals surface area contributed by atoms with E-state index in [1.807, 2.05) is 24.3 Å². The van der Waals surface area contributed by atoms with Gasteiger partial charge in [0.25, 0.3) is 0 Å². The fraction of sp³-hybridized carbons (Fsp3) is 0.312. The van der Waals surface area contributed by atoms with Crippen LogP contribution in [0.5, 0.6) is 0 Å². The van der Waals surface area contributed by atoms with E-state index in [0.29, 0.717) is 0 Å². The first-order valence-electron chi connectivity index (χ1n) is 7.50. The van der Waals surface area contributed by atoms with E-state index in [1.165, 1.54) is 0 Å². The Bertz CT molecular complexity index is 755. The molecule has 8 nitrogen and oxygen atoms in total. The van der Waals surface area contributed by atoms with Crippen molar-refractivity contribution in [2.75, 3.05) is 0 Å². The van der Waals surface area contributed by atoms with Gasteiger partial charge in [-0.15, -0.1) is 0 Å². The van der Waals surface area contributed by atoms with E-state index in [-0.39, 0.29) is 19.3 Å². The van der Waals surface area contributed by atoms with Crippen molar-refractivity contribution in [3.05, 3.63) is 36.0 Å². The summed E-state index contributed by atoms with van der Waals surface area (Å²) in [6.45, 7) is 0. The van der Waals surface area contributed by atoms with E-state index in [9.17, 15) is 14.4 Å². The van der Waals surface area contributed by atoms with Crippen LogP contribution in [-0.4, -0.2) is 40.0 Å². The minimum absolute atomic E-state index is 0.0732. The maximum Gasteiger partial charge on any atom is 0.326 e. The summed E-state index contributed by atoms with van der Waals surface area (Å²) in [6, 6.07) is 5.51. The van der Waals surface area contributed by atoms with Gasteiger partial charge in [0, 0.05) is 23.5 Å². The summed E-state index contributed by atoms with van der Waals surface area (Å²) in [5.74, 6) is -2.44. The van der Waals surface area contributed by atoms with Crippen molar-refractivity contribution >= 4 is 28.7 Å². The Hall–Kier alpha value is -2.87. The molecule has 0 fully saturated rings. The van der Waals surface area contributed by atoms with Crippen LogP contribution in [0.1, 0.15) is 18.4 Å². The third-order valence-corrected chi connectivity index (χ3v) is 3.75. The van der Waals surface area contributed by atoms with Gasteiger partial charge < -0.3 is 26.9 Å². The number of aromatic nitrogens is 1. The van der Waals surface area contributed by atoms with Gasteiger partial charge in [0.2, 0.25) is 11.8 Å². The van der Waals surface area contributed by atoms with Gasteiger partial charge in [0.1, 0.15) is 6.04 Å². The number of nitrogens with one attached hydrogen (secondary N) is 2. The van der Waals surface area contributed by atoms with Crippen molar-refractivity contribution in [3.63, 3.8) is 0 Å². The van der Waals surface area contributed by atoms with Gasteiger partial charge in [-0.1, -0.05) is 18.2 Å². The Morgan fingerprint density at radius 1 is 1.25 bits per heavy atom. The Kier molecular flexibility index (Phi) is 5.54. The number of carboxylic acid groups (broad SMARTS) is 1. The second kappa shape index (κ2) is 7.60. The largest absolute Gasteiger partial charge is 0.480 e. The molecule has 1 heterocycles. The molecule has 2 rings (SSSR count). The number of H-pyrrole nitrogens is 1. The van der Waals surface area contributed by atoms with Gasteiger partial charge in [-0.2, -0.15) is 0 Å². The van der Waals surface area contributed by atoms with Crippen LogP contribution in [0.4, 0.5) is 0 Å². The summed E-state index contributed by atoms with van der Waals surface area (Å²) in [5, 5.41) is 12.4. The van der Waals surface area contributed by atoms with Crippen LogP contribution >= 0.6 is 0 Å². The molecule has 2 atom stereocenters. The second-order valence-electron chi connectivity index (χ2n) is 5.57. The highest BCUT2D eigenvalue weighted by Crippen LogP contribution is 2.18. The van der Waals surface area contributed by atoms with Crippen LogP contribution in [-0.2, 0) is 20.8 Å². The number of hydrogen-bond donors (Lipinski definition) is 5. The van der Waals surface area contributed by atoms with Crippen molar-refractivity contribution in [1.82, 2.24) is 10.3 Å². The lowest BCUT2D eigenvalue weighted by atomic mass is 10.0. The van der Waals surface area contributed by atoms with Gasteiger partial charge in [-0.3, -0.25) is 9.59 Å². The van der Waals surface area contributed by atoms with E-state index in [4.69, 9.17) is 16.6 Å². The summed E-state index contributed by atoms with van der Waals surface area (Å²) in [5.41, 5.74) is 12.7. The molecule has 0 radical (unpaired) electrons. The third-order valence-electron chi connectivity index (χ3n) is 3.75. The van der Waals surface area contributed by atoms with Crippen molar-refractivity contribution < 1.29 is 19.5 Å². The number of primary amides is 1. The number of carbonyl (C=O) groups is 3. The molecule has 1 aromatic heterocycles. The predicted molar refractivity (Wildman–Crippen MR) is 88.0 cm³/mol. The summed E-state index contributed by atoms with van der Waals surface area (Å²) < 4.78 is 0. The lowest BCUT2D eigenvalue weighted by molar-refractivity contribution is -0.142. The quantitative estimate of drug-likeness (QED) is 0.456. The summed E-state index contributed by atoms with van der Waals surface area (Å²) in [6.07, 6.45) is 1.84. The first-order chi connectivity index (χ1) is 11.4. The number of benzene rings is 1. The molecule has 8 heteroatoms. The first kappa shape index (κ1) is 17.5. The summed E-state index contributed by atoms with van der Waals surface area (Å²) >= 11 is 0. The molecule has 0 unspecified atom stereocenters. The average molecular weight is 332 g/mol. The molecule has 2 aromatic rings. The standard InChI is InChI=1S/C16H20N4O4/c17-11(7-9-8-19-12-4-2-1-3-10(9)12)15(22)20-13(16(23)24)5-6-14(18)21/h1-4,8,11,13,19H,5-7,17H2,(H2,18,21)(H,20,22)(H,23,24)/t11-,13-/m0/s1. The molecule has 128 valence electrons. The number of fused-ring (bicyclic) bond motifs is 1. The number of nitrogens with two attached hydrogens (primary N) is 2. The molecule has 0 aliphatic rings. The second-order valence-corrected chi connectivity index (χ2v) is 5.57. The van der Waals surface area contributed by atoms with Gasteiger partial charge in [-0.25, -0.2) is 4.79 Å². The minimum atomic E-state index is -1.23. The molecule has 0 spiro atoms. The fourth-order valence-corrected chi connectivity index (χ4v) is 2.45. The molecular weight excluding hydrogens is 312 g/mol. The maximum absolute atomic E-state index is 12.1. The molecule has 7 N–H and O–H groups in total. The normalized spacial score (nSPS) is 13.4. The molecular formula is C16H20N4O4. The topological polar surface area (TPSA) is 151 Å². The van der Waals surface area contributed by atoms with Crippen molar-refractivity contribution in [3.8, 4) is 0 Å². The number of hydrogen-bond acceptors (Lipinski definition) is 4. The van der Waals surface area contributed by atoms with Gasteiger partial charge >= 0.3 is 5.97 Å². The Morgan fingerprint density at radius 3 is 2.62 bits per heavy atom. The zero-order valence-corrected chi connectivity index (χ0v) is 13.0. The van der Waals surface area contributed by atoms with Crippen LogP contribution in [0.2, 0.25) is 0 Å². The van der Waals surface area contributed by atoms with Crippen LogP contribution in [0.25, 0.3) is 10.9 Å². The number of carbonyl (C=O) groups excluding carboxylic acids is 2. The number of carboxylic acids is 1. The molecule has 0 saturated heterocycles. The highest BCUT2D eigenvalue weighted by Gasteiger charge is 2.24. The highest BCUT2D eigenvalue weighted by atomic mass is 16.4. The lowest BCUT2D eigenvalue weighted by Crippen LogP contribution is -2.49. The SMILES string of the molecule is NC(=O)CC[C@H](NC(=O)[C@@H](N)Cc1c[nH]c2ccccc12)C(=O)O. The Balaban J connectivity index is 2.00. The number of aromatic amines is 1. The van der Waals surface area contributed by atoms with E-state index in [0.717, 1.165) is 16.5 Å². The van der Waals surface area contributed by atoms with E-state index in [2.05, 4.69) is 10.3 Å². The average Bonchev–Trinajstić information content (AvgIpc) is 2.94. The molecule has 0 aliphatic carbocycles. The summed E-state index contributed by atoms with van der Waals surface area (Å²) in [4.78, 5) is 37.2. The van der Waals surface area contributed by atoms with E-state index >= 15 is 0 Å². The maximum atomic E-state index is 12.1.